The van der Waals surface area contributed by atoms with Gasteiger partial charge in [-0.2, -0.15) is 5.26 Å². The number of nitrogens with zero attached hydrogens (tertiary/aromatic N) is 1. The maximum absolute atomic E-state index is 11.4. The number of methoxy groups -OCH3 is 1. The maximum Gasteiger partial charge on any atom is 0.411 e. The Morgan fingerprint density at radius 1 is 1.38 bits per heavy atom. The molecule has 0 unspecified atom stereocenters. The molecule has 0 heterocycles. The lowest BCUT2D eigenvalue weighted by Crippen LogP contribution is -2.15. The predicted molar refractivity (Wildman–Crippen MR) is 74.3 cm³/mol. The van der Waals surface area contributed by atoms with E-state index in [1.165, 1.54) is 12.1 Å². The molecule has 0 aromatic heterocycles. The van der Waals surface area contributed by atoms with Crippen LogP contribution >= 0.6 is 0 Å². The van der Waals surface area contributed by atoms with E-state index in [1.54, 1.807) is 25.1 Å². The van der Waals surface area contributed by atoms with Gasteiger partial charge in [-0.25, -0.2) is 9.59 Å². The Hall–Kier alpha value is -3.01. The van der Waals surface area contributed by atoms with Gasteiger partial charge in [0.25, 0.3) is 0 Å². The van der Waals surface area contributed by atoms with Gasteiger partial charge in [-0.15, -0.1) is 0 Å². The minimum Gasteiger partial charge on any atom is -0.506 e. The molecule has 1 aromatic rings. The fourth-order valence-electron chi connectivity index (χ4n) is 1.51. The van der Waals surface area contributed by atoms with Gasteiger partial charge in [0.15, 0.2) is 5.57 Å². The first-order valence-corrected chi connectivity index (χ1v) is 6.00. The summed E-state index contributed by atoms with van der Waals surface area (Å²) < 4.78 is 9.15. The van der Waals surface area contributed by atoms with E-state index < -0.39 is 23.4 Å². The Balaban J connectivity index is 3.25. The minimum absolute atomic E-state index is 0.104. The average Bonchev–Trinajstić information content (AvgIpc) is 2.48. The first-order valence-electron chi connectivity index (χ1n) is 6.00. The summed E-state index contributed by atoms with van der Waals surface area (Å²) in [6.07, 6.45) is -0.714. The number of hydrogen-bond acceptors (Lipinski definition) is 6. The Morgan fingerprint density at radius 3 is 2.62 bits per heavy atom. The number of carbonyl (C=O) groups is 2. The molecule has 0 radical (unpaired) electrons. The number of anilines is 1. The van der Waals surface area contributed by atoms with E-state index in [1.807, 2.05) is 0 Å². The summed E-state index contributed by atoms with van der Waals surface area (Å²) in [5.74, 6) is -1.56. The molecule has 110 valence electrons. The lowest BCUT2D eigenvalue weighted by Gasteiger charge is -2.11. The van der Waals surface area contributed by atoms with Gasteiger partial charge < -0.3 is 14.6 Å². The van der Waals surface area contributed by atoms with Crippen molar-refractivity contribution < 1.29 is 24.2 Å². The normalized spacial score (nSPS) is 10.9. The van der Waals surface area contributed by atoms with Crippen molar-refractivity contribution in [2.45, 2.75) is 6.92 Å². The molecular formula is C14H14N2O5. The third kappa shape index (κ3) is 3.98. The smallest absolute Gasteiger partial charge is 0.411 e. The monoisotopic (exact) mass is 290 g/mol. The molecular weight excluding hydrogens is 276 g/mol. The molecule has 0 aliphatic rings. The second-order valence-corrected chi connectivity index (χ2v) is 3.72. The minimum atomic E-state index is -0.971. The first kappa shape index (κ1) is 16.0. The quantitative estimate of drug-likeness (QED) is 0.381. The van der Waals surface area contributed by atoms with Crippen LogP contribution in [0.1, 0.15) is 12.5 Å². The zero-order chi connectivity index (χ0) is 15.8. The van der Waals surface area contributed by atoms with Crippen molar-refractivity contribution in [1.29, 1.82) is 5.26 Å². The lowest BCUT2D eigenvalue weighted by molar-refractivity contribution is -0.135. The molecule has 0 atom stereocenters. The van der Waals surface area contributed by atoms with Crippen LogP contribution in [0.25, 0.3) is 5.76 Å². The highest BCUT2D eigenvalue weighted by atomic mass is 16.5. The van der Waals surface area contributed by atoms with Gasteiger partial charge >= 0.3 is 12.1 Å². The number of rotatable bonds is 4. The van der Waals surface area contributed by atoms with Crippen molar-refractivity contribution in [1.82, 2.24) is 0 Å². The van der Waals surface area contributed by atoms with Crippen molar-refractivity contribution >= 4 is 23.5 Å². The molecule has 7 heteroatoms. The van der Waals surface area contributed by atoms with Crippen LogP contribution < -0.4 is 5.32 Å². The summed E-state index contributed by atoms with van der Waals surface area (Å²) in [5, 5.41) is 21.4. The topological polar surface area (TPSA) is 109 Å². The molecule has 0 aliphatic carbocycles. The molecule has 2 N–H and O–H groups in total. The SMILES string of the molecule is CCOC(=O)Nc1ccccc1/C(O)=C(\C#N)C(=O)OC. The van der Waals surface area contributed by atoms with E-state index in [0.29, 0.717) is 0 Å². The first-order chi connectivity index (χ1) is 10.0. The molecule has 1 aromatic carbocycles. The zero-order valence-electron chi connectivity index (χ0n) is 11.5. The second kappa shape index (κ2) is 7.55. The molecule has 1 amide bonds. The largest absolute Gasteiger partial charge is 0.506 e. The van der Waals surface area contributed by atoms with Gasteiger partial charge in [0, 0.05) is 5.56 Å². The second-order valence-electron chi connectivity index (χ2n) is 3.72. The Bertz CT molecular complexity index is 616. The number of esters is 1. The third-order valence-corrected chi connectivity index (χ3v) is 2.43. The van der Waals surface area contributed by atoms with E-state index in [9.17, 15) is 14.7 Å². The highest BCUT2D eigenvalue weighted by molar-refractivity contribution is 6.01. The summed E-state index contributed by atoms with van der Waals surface area (Å²) in [6, 6.07) is 7.70. The summed E-state index contributed by atoms with van der Waals surface area (Å²) in [4.78, 5) is 22.8. The Kier molecular flexibility index (Phi) is 5.77. The number of aliphatic hydroxyl groups is 1. The Morgan fingerprint density at radius 2 is 2.05 bits per heavy atom. The van der Waals surface area contributed by atoms with Gasteiger partial charge in [0.1, 0.15) is 11.8 Å². The predicted octanol–water partition coefficient (Wildman–Crippen LogP) is 2.22. The molecule has 0 saturated carbocycles. The van der Waals surface area contributed by atoms with Crippen molar-refractivity contribution in [3.8, 4) is 6.07 Å². The number of nitriles is 1. The van der Waals surface area contributed by atoms with Gasteiger partial charge in [-0.3, -0.25) is 5.32 Å². The number of amides is 1. The van der Waals surface area contributed by atoms with E-state index >= 15 is 0 Å². The van der Waals surface area contributed by atoms with Gasteiger partial charge in [-0.1, -0.05) is 12.1 Å². The zero-order valence-corrected chi connectivity index (χ0v) is 11.5. The summed E-state index contributed by atoms with van der Waals surface area (Å²) >= 11 is 0. The van der Waals surface area contributed by atoms with Crippen molar-refractivity contribution in [2.24, 2.45) is 0 Å². The van der Waals surface area contributed by atoms with E-state index in [0.717, 1.165) is 7.11 Å². The molecule has 7 nitrogen and oxygen atoms in total. The highest BCUT2D eigenvalue weighted by Crippen LogP contribution is 2.25. The van der Waals surface area contributed by atoms with E-state index in [-0.39, 0.29) is 17.9 Å². The molecule has 0 spiro atoms. The number of ether oxygens (including phenoxy) is 2. The van der Waals surface area contributed by atoms with E-state index in [2.05, 4.69) is 10.1 Å². The fraction of sp³-hybridized carbons (Fsp3) is 0.214. The van der Waals surface area contributed by atoms with Crippen molar-refractivity contribution in [3.63, 3.8) is 0 Å². The van der Waals surface area contributed by atoms with Crippen molar-refractivity contribution in [3.05, 3.63) is 35.4 Å². The number of para-hydroxylation sites is 1. The summed E-state index contributed by atoms with van der Waals surface area (Å²) in [5.41, 5.74) is -0.256. The molecule has 0 bridgehead atoms. The number of aliphatic hydroxyl groups excluding tert-OH is 1. The van der Waals surface area contributed by atoms with Crippen LogP contribution in [-0.4, -0.2) is 30.9 Å². The highest BCUT2D eigenvalue weighted by Gasteiger charge is 2.19. The molecule has 0 fully saturated rings. The van der Waals surface area contributed by atoms with Crippen LogP contribution in [-0.2, 0) is 14.3 Å². The lowest BCUT2D eigenvalue weighted by atomic mass is 10.1. The number of benzene rings is 1. The van der Waals surface area contributed by atoms with Crippen LogP contribution in [0.3, 0.4) is 0 Å². The van der Waals surface area contributed by atoms with Gasteiger partial charge in [-0.05, 0) is 19.1 Å². The molecule has 21 heavy (non-hydrogen) atoms. The molecule has 0 aliphatic heterocycles. The van der Waals surface area contributed by atoms with Crippen LogP contribution in [0.2, 0.25) is 0 Å². The van der Waals surface area contributed by atoms with Crippen LogP contribution in [0.5, 0.6) is 0 Å². The third-order valence-electron chi connectivity index (χ3n) is 2.43. The average molecular weight is 290 g/mol. The summed E-state index contributed by atoms with van der Waals surface area (Å²) in [7, 11) is 1.09. The molecule has 0 saturated heterocycles. The van der Waals surface area contributed by atoms with Crippen molar-refractivity contribution in [2.75, 3.05) is 19.0 Å². The van der Waals surface area contributed by atoms with Crippen LogP contribution in [0.4, 0.5) is 10.5 Å². The van der Waals surface area contributed by atoms with Gasteiger partial charge in [0.2, 0.25) is 0 Å². The van der Waals surface area contributed by atoms with Gasteiger partial charge in [0.05, 0.1) is 19.4 Å². The fourth-order valence-corrected chi connectivity index (χ4v) is 1.51. The molecule has 1 rings (SSSR count). The number of carbonyl (C=O) groups excluding carboxylic acids is 2. The number of hydrogen-bond donors (Lipinski definition) is 2. The van der Waals surface area contributed by atoms with Crippen LogP contribution in [0.15, 0.2) is 29.8 Å². The number of nitrogens with one attached hydrogen (secondary N) is 1. The van der Waals surface area contributed by atoms with E-state index in [4.69, 9.17) is 10.00 Å². The maximum atomic E-state index is 11.4. The summed E-state index contributed by atoms with van der Waals surface area (Å²) in [6.45, 7) is 1.83. The standard InChI is InChI=1S/C14H14N2O5/c1-3-21-14(19)16-11-7-5-4-6-9(11)12(17)10(8-15)13(18)20-2/h4-7,17H,3H2,1-2H3,(H,16,19)/b12-10-. The van der Waals surface area contributed by atoms with Crippen LogP contribution in [0, 0.1) is 11.3 Å². The Labute approximate surface area is 121 Å².